The highest BCUT2D eigenvalue weighted by Gasteiger charge is 2.29. The number of nitrogen functional groups attached to an aromatic ring is 2. The Morgan fingerprint density at radius 2 is 1.96 bits per heavy atom. The third-order valence-electron chi connectivity index (χ3n) is 4.78. The van der Waals surface area contributed by atoms with Crippen molar-refractivity contribution >= 4 is 33.6 Å². The lowest BCUT2D eigenvalue weighted by molar-refractivity contribution is 0.340. The molecule has 1 unspecified atom stereocenters. The van der Waals surface area contributed by atoms with Crippen LogP contribution in [0.15, 0.2) is 42.6 Å². The average molecular weight is 359 g/mol. The standard InChI is InChI=1S/C20H17N5O2/c1-10-9-26-18-16(10)15(8-13-17(18)19(21)25-20(22)24-13)27-14-6-2-5-12-11(14)4-3-7-23-12/h2-8,10H,9H2,1H3,(H4,21,22,24,25). The molecule has 4 N–H and O–H groups in total. The molecule has 0 amide bonds. The number of benzene rings is 2. The zero-order valence-electron chi connectivity index (χ0n) is 14.6. The number of aromatic nitrogens is 3. The topological polar surface area (TPSA) is 109 Å². The highest BCUT2D eigenvalue weighted by molar-refractivity contribution is 5.97. The van der Waals surface area contributed by atoms with Crippen LogP contribution in [0, 0.1) is 0 Å². The van der Waals surface area contributed by atoms with Crippen LogP contribution < -0.4 is 20.9 Å². The smallest absolute Gasteiger partial charge is 0.222 e. The minimum Gasteiger partial charge on any atom is -0.492 e. The second-order valence-electron chi connectivity index (χ2n) is 6.62. The zero-order chi connectivity index (χ0) is 18.5. The van der Waals surface area contributed by atoms with Crippen molar-refractivity contribution in [1.29, 1.82) is 0 Å². The van der Waals surface area contributed by atoms with Gasteiger partial charge in [0.05, 0.1) is 23.0 Å². The van der Waals surface area contributed by atoms with Crippen molar-refractivity contribution in [2.45, 2.75) is 12.8 Å². The van der Waals surface area contributed by atoms with E-state index in [0.717, 1.165) is 22.2 Å². The molecule has 0 saturated heterocycles. The number of ether oxygens (including phenoxy) is 2. The number of nitrogens with zero attached hydrogens (tertiary/aromatic N) is 3. The molecule has 7 heteroatoms. The Morgan fingerprint density at radius 3 is 2.85 bits per heavy atom. The molecule has 7 nitrogen and oxygen atoms in total. The summed E-state index contributed by atoms with van der Waals surface area (Å²) >= 11 is 0. The summed E-state index contributed by atoms with van der Waals surface area (Å²) in [5.41, 5.74) is 14.3. The van der Waals surface area contributed by atoms with Gasteiger partial charge in [-0.2, -0.15) is 4.98 Å². The van der Waals surface area contributed by atoms with Gasteiger partial charge in [-0.25, -0.2) is 4.98 Å². The predicted octanol–water partition coefficient (Wildman–Crippen LogP) is 3.63. The van der Waals surface area contributed by atoms with Crippen molar-refractivity contribution in [2.75, 3.05) is 18.1 Å². The molecular weight excluding hydrogens is 342 g/mol. The number of rotatable bonds is 2. The van der Waals surface area contributed by atoms with Crippen molar-refractivity contribution in [1.82, 2.24) is 15.0 Å². The highest BCUT2D eigenvalue weighted by atomic mass is 16.5. The molecule has 1 atom stereocenters. The molecule has 1 aliphatic heterocycles. The van der Waals surface area contributed by atoms with Crippen molar-refractivity contribution < 1.29 is 9.47 Å². The monoisotopic (exact) mass is 359 g/mol. The summed E-state index contributed by atoms with van der Waals surface area (Å²) in [6, 6.07) is 11.5. The molecule has 27 heavy (non-hydrogen) atoms. The second-order valence-corrected chi connectivity index (χ2v) is 6.62. The molecule has 3 heterocycles. The van der Waals surface area contributed by atoms with Gasteiger partial charge in [0.25, 0.3) is 0 Å². The van der Waals surface area contributed by atoms with Crippen LogP contribution in [0.5, 0.6) is 17.2 Å². The minimum atomic E-state index is 0.117. The number of hydrogen-bond acceptors (Lipinski definition) is 7. The van der Waals surface area contributed by atoms with Gasteiger partial charge in [-0.15, -0.1) is 0 Å². The van der Waals surface area contributed by atoms with Crippen LogP contribution in [0.1, 0.15) is 18.4 Å². The van der Waals surface area contributed by atoms with Crippen LogP contribution in [-0.2, 0) is 0 Å². The quantitative estimate of drug-likeness (QED) is 0.562. The van der Waals surface area contributed by atoms with E-state index in [4.69, 9.17) is 20.9 Å². The van der Waals surface area contributed by atoms with Gasteiger partial charge in [0.1, 0.15) is 23.1 Å². The maximum atomic E-state index is 6.33. The Morgan fingerprint density at radius 1 is 1.07 bits per heavy atom. The molecule has 4 aromatic rings. The molecule has 5 rings (SSSR count). The molecule has 0 saturated carbocycles. The minimum absolute atomic E-state index is 0.117. The molecule has 2 aromatic heterocycles. The summed E-state index contributed by atoms with van der Waals surface area (Å²) in [4.78, 5) is 12.8. The summed E-state index contributed by atoms with van der Waals surface area (Å²) in [6.45, 7) is 2.63. The first-order valence-electron chi connectivity index (χ1n) is 8.66. The normalized spacial score (nSPS) is 15.7. The average Bonchev–Trinajstić information content (AvgIpc) is 3.03. The molecule has 0 aliphatic carbocycles. The lowest BCUT2D eigenvalue weighted by Gasteiger charge is -2.15. The van der Waals surface area contributed by atoms with Crippen LogP contribution in [0.2, 0.25) is 0 Å². The van der Waals surface area contributed by atoms with Crippen LogP contribution in [0.25, 0.3) is 21.8 Å². The molecule has 0 bridgehead atoms. The van der Waals surface area contributed by atoms with Crippen molar-refractivity contribution in [3.63, 3.8) is 0 Å². The Balaban J connectivity index is 1.75. The Hall–Kier alpha value is -3.61. The van der Waals surface area contributed by atoms with Gasteiger partial charge in [0.15, 0.2) is 0 Å². The van der Waals surface area contributed by atoms with E-state index in [9.17, 15) is 0 Å². The van der Waals surface area contributed by atoms with Gasteiger partial charge < -0.3 is 20.9 Å². The van der Waals surface area contributed by atoms with E-state index >= 15 is 0 Å². The van der Waals surface area contributed by atoms with E-state index in [1.165, 1.54) is 0 Å². The van der Waals surface area contributed by atoms with Crippen molar-refractivity contribution in [3.05, 3.63) is 48.2 Å². The summed E-state index contributed by atoms with van der Waals surface area (Å²) in [6.07, 6.45) is 1.76. The van der Waals surface area contributed by atoms with E-state index in [1.54, 1.807) is 6.20 Å². The van der Waals surface area contributed by atoms with E-state index in [-0.39, 0.29) is 11.9 Å². The van der Waals surface area contributed by atoms with Crippen LogP contribution in [0.4, 0.5) is 11.8 Å². The Labute approximate surface area is 155 Å². The predicted molar refractivity (Wildman–Crippen MR) is 104 cm³/mol. The van der Waals surface area contributed by atoms with Gasteiger partial charge in [0, 0.05) is 29.1 Å². The Kier molecular flexibility index (Phi) is 3.30. The summed E-state index contributed by atoms with van der Waals surface area (Å²) in [5, 5.41) is 1.61. The first-order chi connectivity index (χ1) is 13.1. The first-order valence-corrected chi connectivity index (χ1v) is 8.66. The summed E-state index contributed by atoms with van der Waals surface area (Å²) < 4.78 is 12.2. The molecule has 134 valence electrons. The Bertz CT molecular complexity index is 1200. The van der Waals surface area contributed by atoms with Crippen LogP contribution >= 0.6 is 0 Å². The van der Waals surface area contributed by atoms with Gasteiger partial charge in [-0.05, 0) is 24.3 Å². The van der Waals surface area contributed by atoms with E-state index < -0.39 is 0 Å². The fourth-order valence-electron chi connectivity index (χ4n) is 3.58. The number of nitrogens with two attached hydrogens (primary N) is 2. The number of pyridine rings is 1. The van der Waals surface area contributed by atoms with E-state index in [2.05, 4.69) is 21.9 Å². The highest BCUT2D eigenvalue weighted by Crippen LogP contribution is 2.48. The summed E-state index contributed by atoms with van der Waals surface area (Å²) in [5.74, 6) is 2.65. The SMILES string of the molecule is CC1COc2c1c(Oc1cccc3ncccc13)cc1nc(N)nc(N)c21. The molecule has 1 aliphatic rings. The fraction of sp³-hybridized carbons (Fsp3) is 0.150. The third-order valence-corrected chi connectivity index (χ3v) is 4.78. The van der Waals surface area contributed by atoms with Crippen LogP contribution in [-0.4, -0.2) is 21.6 Å². The maximum absolute atomic E-state index is 6.33. The first kappa shape index (κ1) is 15.6. The largest absolute Gasteiger partial charge is 0.492 e. The fourth-order valence-corrected chi connectivity index (χ4v) is 3.58. The summed E-state index contributed by atoms with van der Waals surface area (Å²) in [7, 11) is 0. The lowest BCUT2D eigenvalue weighted by Crippen LogP contribution is -2.02. The zero-order valence-corrected chi connectivity index (χ0v) is 14.6. The number of hydrogen-bond donors (Lipinski definition) is 2. The number of anilines is 2. The van der Waals surface area contributed by atoms with Gasteiger partial charge in [-0.1, -0.05) is 13.0 Å². The van der Waals surface area contributed by atoms with E-state index in [0.29, 0.717) is 34.8 Å². The second kappa shape index (κ2) is 5.70. The number of fused-ring (bicyclic) bond motifs is 4. The lowest BCUT2D eigenvalue weighted by atomic mass is 9.99. The molecule has 2 aromatic carbocycles. The van der Waals surface area contributed by atoms with Gasteiger partial charge >= 0.3 is 0 Å². The molecule has 0 radical (unpaired) electrons. The van der Waals surface area contributed by atoms with Gasteiger partial charge in [0.2, 0.25) is 5.95 Å². The van der Waals surface area contributed by atoms with Crippen LogP contribution in [0.3, 0.4) is 0 Å². The van der Waals surface area contributed by atoms with Crippen molar-refractivity contribution in [3.8, 4) is 17.2 Å². The molecular formula is C20H17N5O2. The maximum Gasteiger partial charge on any atom is 0.222 e. The van der Waals surface area contributed by atoms with Gasteiger partial charge in [-0.3, -0.25) is 4.98 Å². The molecule has 0 fully saturated rings. The van der Waals surface area contributed by atoms with E-state index in [1.807, 2.05) is 36.4 Å². The third kappa shape index (κ3) is 2.39. The molecule has 0 spiro atoms. The van der Waals surface area contributed by atoms with Crippen molar-refractivity contribution in [2.24, 2.45) is 0 Å².